The predicted octanol–water partition coefficient (Wildman–Crippen LogP) is -0.640. The Hall–Kier alpha value is -3.02. The maximum Gasteiger partial charge on any atom is 0.229 e. The Kier molecular flexibility index (Phi) is 5.20. The molecule has 31 heavy (non-hydrogen) atoms. The summed E-state index contributed by atoms with van der Waals surface area (Å²) in [6, 6.07) is 4.96. The first kappa shape index (κ1) is 21.2. The molecule has 0 amide bonds. The molecule has 4 rings (SSSR count). The molecule has 0 spiro atoms. The van der Waals surface area contributed by atoms with E-state index in [9.17, 15) is 40.2 Å². The molecule has 10 heteroatoms. The van der Waals surface area contributed by atoms with Crippen molar-refractivity contribution in [2.24, 2.45) is 0 Å². The lowest BCUT2D eigenvalue weighted by molar-refractivity contribution is -0.277. The number of ether oxygens (including phenoxy) is 2. The van der Waals surface area contributed by atoms with Gasteiger partial charge in [-0.1, -0.05) is 0 Å². The highest BCUT2D eigenvalue weighted by Gasteiger charge is 2.45. The molecular weight excluding hydrogens is 412 g/mol. The van der Waals surface area contributed by atoms with Crippen molar-refractivity contribution in [3.8, 4) is 17.2 Å². The minimum absolute atomic E-state index is 0.0283. The summed E-state index contributed by atoms with van der Waals surface area (Å²) in [6.07, 6.45) is -7.71. The molecule has 1 aliphatic carbocycles. The van der Waals surface area contributed by atoms with Gasteiger partial charge in [-0.3, -0.25) is 9.59 Å². The molecule has 10 nitrogen and oxygen atoms in total. The fourth-order valence-corrected chi connectivity index (χ4v) is 3.84. The highest BCUT2D eigenvalue weighted by Crippen LogP contribution is 2.40. The third-order valence-corrected chi connectivity index (χ3v) is 5.40. The number of ketones is 2. The van der Waals surface area contributed by atoms with E-state index < -0.39 is 54.6 Å². The van der Waals surface area contributed by atoms with Crippen molar-refractivity contribution in [2.45, 2.75) is 37.6 Å². The maximum absolute atomic E-state index is 13.0. The number of aliphatic hydroxyl groups is 4. The lowest BCUT2D eigenvalue weighted by Gasteiger charge is -2.39. The Morgan fingerprint density at radius 1 is 0.871 bits per heavy atom. The molecule has 5 atom stereocenters. The molecule has 1 heterocycles. The lowest BCUT2D eigenvalue weighted by atomic mass is 9.82. The van der Waals surface area contributed by atoms with Crippen molar-refractivity contribution in [3.05, 3.63) is 52.1 Å². The second-order valence-electron chi connectivity index (χ2n) is 7.54. The van der Waals surface area contributed by atoms with Gasteiger partial charge >= 0.3 is 0 Å². The monoisotopic (exact) mass is 432 g/mol. The van der Waals surface area contributed by atoms with Gasteiger partial charge < -0.3 is 40.1 Å². The summed E-state index contributed by atoms with van der Waals surface area (Å²) < 4.78 is 10.7. The molecule has 0 saturated carbocycles. The number of fused-ring (bicyclic) bond motifs is 2. The smallest absolute Gasteiger partial charge is 0.229 e. The van der Waals surface area contributed by atoms with E-state index in [0.717, 1.165) is 6.07 Å². The van der Waals surface area contributed by atoms with Crippen LogP contribution in [0.15, 0.2) is 24.3 Å². The number of benzene rings is 2. The van der Waals surface area contributed by atoms with E-state index in [1.165, 1.54) is 18.2 Å². The Bertz CT molecular complexity index is 1080. The second kappa shape index (κ2) is 7.59. The van der Waals surface area contributed by atoms with Gasteiger partial charge in [0.1, 0.15) is 41.7 Å². The van der Waals surface area contributed by atoms with Crippen LogP contribution in [0.3, 0.4) is 0 Å². The lowest BCUT2D eigenvalue weighted by Crippen LogP contribution is -2.60. The van der Waals surface area contributed by atoms with E-state index in [4.69, 9.17) is 9.47 Å². The quantitative estimate of drug-likeness (QED) is 0.312. The van der Waals surface area contributed by atoms with Crippen LogP contribution in [0.25, 0.3) is 0 Å². The first-order valence-corrected chi connectivity index (χ1v) is 9.41. The summed E-state index contributed by atoms with van der Waals surface area (Å²) in [7, 11) is 0. The largest absolute Gasteiger partial charge is 0.507 e. The number of carbonyl (C=O) groups is 2. The number of aromatic hydroxyl groups is 2. The zero-order valence-electron chi connectivity index (χ0n) is 16.2. The van der Waals surface area contributed by atoms with Crippen LogP contribution in [0.5, 0.6) is 17.2 Å². The number of hydrogen-bond acceptors (Lipinski definition) is 10. The molecule has 164 valence electrons. The van der Waals surface area contributed by atoms with Gasteiger partial charge in [-0.15, -0.1) is 0 Å². The number of carbonyl (C=O) groups excluding carboxylic acids is 2. The van der Waals surface area contributed by atoms with E-state index in [0.29, 0.717) is 5.56 Å². The average Bonchev–Trinajstić information content (AvgIpc) is 2.71. The molecule has 2 aliphatic rings. The molecule has 0 bridgehead atoms. The molecule has 0 unspecified atom stereocenters. The SMILES string of the molecule is Cc1cc(O)c2c(c1)C(=O)c1cc(O[C@H]3O[C@H](CO)[C@H](O)[C@H](O)[C@H]3O)cc(O)c1C2=O. The predicted molar refractivity (Wildman–Crippen MR) is 102 cm³/mol. The summed E-state index contributed by atoms with van der Waals surface area (Å²) in [4.78, 5) is 25.9. The van der Waals surface area contributed by atoms with Gasteiger partial charge in [-0.2, -0.15) is 0 Å². The standard InChI is InChI=1S/C21H20O10/c1-7-2-9-14(11(23)3-7)18(27)15-10(16(9)25)4-8(5-12(15)24)30-21-20(29)19(28)17(26)13(6-22)31-21/h2-5,13,17,19-24,26,28-29H,6H2,1H3/t13-,17+,19+,20-,21+/m1/s1. The Morgan fingerprint density at radius 2 is 1.48 bits per heavy atom. The van der Waals surface area contributed by atoms with Gasteiger partial charge in [0.2, 0.25) is 12.1 Å². The van der Waals surface area contributed by atoms with Crippen molar-refractivity contribution in [3.63, 3.8) is 0 Å². The van der Waals surface area contributed by atoms with E-state index in [1.807, 2.05) is 0 Å². The maximum atomic E-state index is 13.0. The van der Waals surface area contributed by atoms with Crippen molar-refractivity contribution in [1.82, 2.24) is 0 Å². The third kappa shape index (κ3) is 3.34. The van der Waals surface area contributed by atoms with Crippen LogP contribution >= 0.6 is 0 Å². The average molecular weight is 432 g/mol. The zero-order chi connectivity index (χ0) is 22.6. The van der Waals surface area contributed by atoms with Gasteiger partial charge in [0.25, 0.3) is 0 Å². The van der Waals surface area contributed by atoms with Crippen molar-refractivity contribution in [1.29, 1.82) is 0 Å². The number of rotatable bonds is 3. The second-order valence-corrected chi connectivity index (χ2v) is 7.54. The summed E-state index contributed by atoms with van der Waals surface area (Å²) in [5, 5.41) is 59.7. The summed E-state index contributed by atoms with van der Waals surface area (Å²) in [5.41, 5.74) is -0.168. The number of aryl methyl sites for hydroxylation is 1. The first-order chi connectivity index (χ1) is 14.6. The Morgan fingerprint density at radius 3 is 2.13 bits per heavy atom. The van der Waals surface area contributed by atoms with Crippen LogP contribution in [0, 0.1) is 6.92 Å². The molecule has 6 N–H and O–H groups in total. The zero-order valence-corrected chi connectivity index (χ0v) is 16.2. The fraction of sp³-hybridized carbons (Fsp3) is 0.333. The summed E-state index contributed by atoms with van der Waals surface area (Å²) in [5.74, 6) is -2.50. The fourth-order valence-electron chi connectivity index (χ4n) is 3.84. The van der Waals surface area contributed by atoms with Crippen LogP contribution in [0.1, 0.15) is 37.4 Å². The van der Waals surface area contributed by atoms with Gasteiger partial charge in [0, 0.05) is 17.2 Å². The minimum Gasteiger partial charge on any atom is -0.507 e. The number of phenolic OH excluding ortho intramolecular Hbond substituents is 2. The number of phenols is 2. The molecule has 1 aliphatic heterocycles. The van der Waals surface area contributed by atoms with Gasteiger partial charge in [0.15, 0.2) is 5.78 Å². The van der Waals surface area contributed by atoms with E-state index in [-0.39, 0.29) is 33.8 Å². The van der Waals surface area contributed by atoms with Gasteiger partial charge in [-0.05, 0) is 30.7 Å². The molecule has 2 aromatic rings. The molecule has 1 fully saturated rings. The molecular formula is C21H20O10. The molecule has 0 radical (unpaired) electrons. The molecule has 0 aromatic heterocycles. The number of aliphatic hydroxyl groups excluding tert-OH is 4. The third-order valence-electron chi connectivity index (χ3n) is 5.40. The highest BCUT2D eigenvalue weighted by atomic mass is 16.7. The van der Waals surface area contributed by atoms with Crippen LogP contribution in [-0.4, -0.2) is 79.5 Å². The van der Waals surface area contributed by atoms with Crippen LogP contribution in [-0.2, 0) is 4.74 Å². The highest BCUT2D eigenvalue weighted by molar-refractivity contribution is 6.30. The molecule has 1 saturated heterocycles. The van der Waals surface area contributed by atoms with Gasteiger partial charge in [-0.25, -0.2) is 0 Å². The summed E-state index contributed by atoms with van der Waals surface area (Å²) in [6.45, 7) is 0.982. The van der Waals surface area contributed by atoms with Crippen LogP contribution in [0.4, 0.5) is 0 Å². The van der Waals surface area contributed by atoms with Crippen LogP contribution in [0.2, 0.25) is 0 Å². The van der Waals surface area contributed by atoms with Crippen molar-refractivity contribution < 1.29 is 49.7 Å². The normalized spacial score (nSPS) is 27.6. The van der Waals surface area contributed by atoms with E-state index in [2.05, 4.69) is 0 Å². The van der Waals surface area contributed by atoms with Gasteiger partial charge in [0.05, 0.1) is 17.7 Å². The first-order valence-electron chi connectivity index (χ1n) is 9.41. The van der Waals surface area contributed by atoms with Crippen molar-refractivity contribution >= 4 is 11.6 Å². The van der Waals surface area contributed by atoms with Crippen LogP contribution < -0.4 is 4.74 Å². The minimum atomic E-state index is -1.70. The van der Waals surface area contributed by atoms with E-state index >= 15 is 0 Å². The van der Waals surface area contributed by atoms with E-state index in [1.54, 1.807) is 6.92 Å². The Balaban J connectivity index is 1.72. The molecule has 2 aromatic carbocycles. The van der Waals surface area contributed by atoms with Crippen molar-refractivity contribution in [2.75, 3.05) is 6.61 Å². The summed E-state index contributed by atoms with van der Waals surface area (Å²) >= 11 is 0. The Labute approximate surface area is 175 Å². The topological polar surface area (TPSA) is 174 Å². The number of hydrogen-bond donors (Lipinski definition) is 6.